The van der Waals surface area contributed by atoms with Crippen molar-refractivity contribution in [2.75, 3.05) is 6.54 Å². The Bertz CT molecular complexity index is 516. The average Bonchev–Trinajstić information content (AvgIpc) is 2.79. The van der Waals surface area contributed by atoms with Crippen LogP contribution < -0.4 is 5.32 Å². The molecular formula is C13H15F4NO4. The maximum absolute atomic E-state index is 14.6. The van der Waals surface area contributed by atoms with Gasteiger partial charge in [0.15, 0.2) is 5.67 Å². The molecule has 22 heavy (non-hydrogen) atoms. The van der Waals surface area contributed by atoms with Gasteiger partial charge in [-0.2, -0.15) is 8.78 Å². The van der Waals surface area contributed by atoms with Crippen molar-refractivity contribution in [3.63, 3.8) is 0 Å². The fourth-order valence-corrected chi connectivity index (χ4v) is 2.14. The van der Waals surface area contributed by atoms with E-state index in [2.05, 4.69) is 10.1 Å². The first-order chi connectivity index (χ1) is 10.1. The fraction of sp³-hybridized carbons (Fsp3) is 0.538. The zero-order chi connectivity index (χ0) is 17.1. The smallest absolute Gasteiger partial charge is 0.387 e. The first-order valence-electron chi connectivity index (χ1n) is 6.29. The number of hydrogen-bond acceptors (Lipinski definition) is 3. The molecule has 1 fully saturated rings. The lowest BCUT2D eigenvalue weighted by Gasteiger charge is -2.27. The number of halogens is 4. The van der Waals surface area contributed by atoms with Crippen LogP contribution in [0.3, 0.4) is 0 Å². The van der Waals surface area contributed by atoms with Crippen LogP contribution >= 0.6 is 0 Å². The molecule has 0 unspecified atom stereocenters. The Morgan fingerprint density at radius 1 is 1.55 bits per heavy atom. The van der Waals surface area contributed by atoms with Crippen molar-refractivity contribution in [1.82, 2.24) is 5.32 Å². The van der Waals surface area contributed by atoms with Crippen molar-refractivity contribution in [3.05, 3.63) is 23.7 Å². The molecule has 0 aromatic rings. The molecule has 0 aliphatic carbocycles. The lowest BCUT2D eigenvalue weighted by atomic mass is 9.81. The van der Waals surface area contributed by atoms with E-state index in [-0.39, 0.29) is 6.54 Å². The van der Waals surface area contributed by atoms with Gasteiger partial charge >= 0.3 is 12.6 Å². The molecule has 1 rings (SSSR count). The molecule has 1 saturated heterocycles. The van der Waals surface area contributed by atoms with E-state index in [1.807, 2.05) is 0 Å². The van der Waals surface area contributed by atoms with Crippen LogP contribution in [-0.2, 0) is 14.3 Å². The highest BCUT2D eigenvalue weighted by molar-refractivity contribution is 5.99. The Morgan fingerprint density at radius 2 is 2.14 bits per heavy atom. The molecule has 1 heterocycles. The van der Waals surface area contributed by atoms with Gasteiger partial charge in [0, 0.05) is 18.5 Å². The average molecular weight is 325 g/mol. The highest BCUT2D eigenvalue weighted by Crippen LogP contribution is 2.39. The van der Waals surface area contributed by atoms with Crippen LogP contribution in [0.25, 0.3) is 0 Å². The summed E-state index contributed by atoms with van der Waals surface area (Å²) in [5, 5.41) is 11.1. The van der Waals surface area contributed by atoms with Crippen LogP contribution in [0.5, 0.6) is 0 Å². The predicted octanol–water partition coefficient (Wildman–Crippen LogP) is 2.16. The first-order valence-corrected chi connectivity index (χ1v) is 6.29. The second-order valence-electron chi connectivity index (χ2n) is 4.80. The summed E-state index contributed by atoms with van der Waals surface area (Å²) in [6.07, 6.45) is 1.41. The molecule has 0 radical (unpaired) electrons. The maximum Gasteiger partial charge on any atom is 0.387 e. The van der Waals surface area contributed by atoms with Crippen LogP contribution in [0.2, 0.25) is 0 Å². The largest absolute Gasteiger partial charge is 0.481 e. The van der Waals surface area contributed by atoms with E-state index in [9.17, 15) is 27.2 Å². The third-order valence-corrected chi connectivity index (χ3v) is 3.39. The first kappa shape index (κ1) is 18.0. The molecule has 9 heteroatoms. The molecule has 0 aromatic carbocycles. The van der Waals surface area contributed by atoms with Crippen molar-refractivity contribution in [1.29, 1.82) is 0 Å². The van der Waals surface area contributed by atoms with E-state index in [1.165, 1.54) is 6.92 Å². The standard InChI is InChI=1S/C13H15F4NO4/c1-3-6(22-12(15)16)4-8(14)13(2,17)7-5-18-10(19)9(7)11(20)21/h3-4,7,9,12H,5H2,1-2H3,(H,18,19)(H,20,21)/b6-3+,8-4+/t7-,9+,13+/m1/s1. The number of allylic oxidation sites excluding steroid dienone is 3. The van der Waals surface area contributed by atoms with E-state index < -0.39 is 47.6 Å². The third kappa shape index (κ3) is 3.77. The molecule has 3 atom stereocenters. The van der Waals surface area contributed by atoms with Gasteiger partial charge in [0.25, 0.3) is 0 Å². The van der Waals surface area contributed by atoms with Gasteiger partial charge in [0.1, 0.15) is 17.5 Å². The normalized spacial score (nSPS) is 25.9. The van der Waals surface area contributed by atoms with E-state index in [0.29, 0.717) is 6.08 Å². The molecule has 1 amide bonds. The van der Waals surface area contributed by atoms with Crippen molar-refractivity contribution in [2.45, 2.75) is 26.1 Å². The highest BCUT2D eigenvalue weighted by atomic mass is 19.3. The minimum absolute atomic E-state index is 0.384. The second-order valence-corrected chi connectivity index (χ2v) is 4.80. The van der Waals surface area contributed by atoms with E-state index in [1.54, 1.807) is 0 Å². The summed E-state index contributed by atoms with van der Waals surface area (Å²) >= 11 is 0. The van der Waals surface area contributed by atoms with Gasteiger partial charge in [-0.1, -0.05) is 0 Å². The van der Waals surface area contributed by atoms with Crippen molar-refractivity contribution < 1.29 is 37.0 Å². The zero-order valence-corrected chi connectivity index (χ0v) is 11.8. The molecule has 1 aliphatic rings. The second kappa shape index (κ2) is 6.80. The monoisotopic (exact) mass is 325 g/mol. The number of carbonyl (C=O) groups excluding carboxylic acids is 1. The Kier molecular flexibility index (Phi) is 5.56. The number of carboxylic acids is 1. The number of hydrogen-bond donors (Lipinski definition) is 2. The minimum Gasteiger partial charge on any atom is -0.481 e. The van der Waals surface area contributed by atoms with Gasteiger partial charge in [-0.3, -0.25) is 9.59 Å². The molecule has 2 N–H and O–H groups in total. The minimum atomic E-state index is -3.22. The summed E-state index contributed by atoms with van der Waals surface area (Å²) in [6, 6.07) is 0. The molecule has 0 aromatic heterocycles. The lowest BCUT2D eigenvalue weighted by Crippen LogP contribution is -2.39. The van der Waals surface area contributed by atoms with Crippen LogP contribution in [0.15, 0.2) is 23.7 Å². The summed E-state index contributed by atoms with van der Waals surface area (Å²) in [7, 11) is 0. The molecule has 5 nitrogen and oxygen atoms in total. The quantitative estimate of drug-likeness (QED) is 0.340. The maximum atomic E-state index is 14.6. The number of ether oxygens (including phenoxy) is 1. The van der Waals surface area contributed by atoms with Gasteiger partial charge in [-0.15, -0.1) is 0 Å². The van der Waals surface area contributed by atoms with E-state index in [4.69, 9.17) is 5.11 Å². The fourth-order valence-electron chi connectivity index (χ4n) is 2.14. The highest BCUT2D eigenvalue weighted by Gasteiger charge is 2.52. The zero-order valence-electron chi connectivity index (χ0n) is 11.8. The Labute approximate surface area is 123 Å². The summed E-state index contributed by atoms with van der Waals surface area (Å²) < 4.78 is 56.9. The summed E-state index contributed by atoms with van der Waals surface area (Å²) in [4.78, 5) is 22.4. The van der Waals surface area contributed by atoms with E-state index >= 15 is 0 Å². The van der Waals surface area contributed by atoms with Crippen LogP contribution in [0, 0.1) is 11.8 Å². The third-order valence-electron chi connectivity index (χ3n) is 3.39. The van der Waals surface area contributed by atoms with Crippen LogP contribution in [0.1, 0.15) is 13.8 Å². The lowest BCUT2D eigenvalue weighted by molar-refractivity contribution is -0.148. The summed E-state index contributed by atoms with van der Waals surface area (Å²) in [5.74, 6) is -7.91. The molecular weight excluding hydrogens is 310 g/mol. The molecule has 0 bridgehead atoms. The summed E-state index contributed by atoms with van der Waals surface area (Å²) in [5.41, 5.74) is -2.85. The summed E-state index contributed by atoms with van der Waals surface area (Å²) in [6.45, 7) is -1.58. The van der Waals surface area contributed by atoms with Gasteiger partial charge in [0.05, 0.1) is 0 Å². The number of alkyl halides is 3. The SMILES string of the molecule is C/C=C(\C=C(\F)[C@@](C)(F)[C@@H]1CNC(=O)[C@H]1C(=O)O)OC(F)F. The van der Waals surface area contributed by atoms with Gasteiger partial charge < -0.3 is 15.2 Å². The van der Waals surface area contributed by atoms with Gasteiger partial charge in [0.2, 0.25) is 5.91 Å². The van der Waals surface area contributed by atoms with Crippen molar-refractivity contribution in [3.8, 4) is 0 Å². The number of carbonyl (C=O) groups is 2. The van der Waals surface area contributed by atoms with E-state index in [0.717, 1.165) is 13.0 Å². The number of aliphatic carboxylic acids is 1. The van der Waals surface area contributed by atoms with Gasteiger partial charge in [-0.25, -0.2) is 8.78 Å². The molecule has 0 spiro atoms. The van der Waals surface area contributed by atoms with Gasteiger partial charge in [-0.05, 0) is 19.9 Å². The Hall–Kier alpha value is -2.06. The Morgan fingerprint density at radius 3 is 2.59 bits per heavy atom. The molecule has 124 valence electrons. The molecule has 0 saturated carbocycles. The Balaban J connectivity index is 3.06. The predicted molar refractivity (Wildman–Crippen MR) is 67.2 cm³/mol. The number of carboxylic acid groups (broad SMARTS) is 1. The van der Waals surface area contributed by atoms with Crippen LogP contribution in [0.4, 0.5) is 17.6 Å². The van der Waals surface area contributed by atoms with Crippen molar-refractivity contribution in [2.24, 2.45) is 11.8 Å². The number of amides is 1. The topological polar surface area (TPSA) is 75.6 Å². The van der Waals surface area contributed by atoms with Crippen LogP contribution in [-0.4, -0.2) is 35.8 Å². The number of nitrogens with one attached hydrogen (secondary N) is 1. The number of rotatable bonds is 6. The van der Waals surface area contributed by atoms with Crippen molar-refractivity contribution >= 4 is 11.9 Å². The molecule has 1 aliphatic heterocycles.